The van der Waals surface area contributed by atoms with E-state index in [1.807, 2.05) is 0 Å². The van der Waals surface area contributed by atoms with Crippen LogP contribution in [-0.2, 0) is 9.22 Å². The Balaban J connectivity index is 1.97. The van der Waals surface area contributed by atoms with E-state index in [1.54, 1.807) is 0 Å². The highest BCUT2D eigenvalue weighted by Gasteiger charge is 2.53. The molecule has 0 saturated heterocycles. The molecule has 2 rings (SSSR count). The van der Waals surface area contributed by atoms with Crippen LogP contribution in [0, 0.1) is 23.2 Å². The van der Waals surface area contributed by atoms with E-state index < -0.39 is 19.9 Å². The van der Waals surface area contributed by atoms with Gasteiger partial charge in [0, 0.05) is 6.10 Å². The first-order valence-electron chi connectivity index (χ1n) is 10.5. The molecule has 2 N–H and O–H groups in total. The third-order valence-electron chi connectivity index (χ3n) is 7.11. The van der Waals surface area contributed by atoms with Crippen molar-refractivity contribution in [1.82, 2.24) is 0 Å². The summed E-state index contributed by atoms with van der Waals surface area (Å²) < 4.78 is 6.58. The number of carboxylic acids is 1. The lowest BCUT2D eigenvalue weighted by Gasteiger charge is -2.48. The highest BCUT2D eigenvalue weighted by atomic mass is 28.4. The Kier molecular flexibility index (Phi) is 6.67. The smallest absolute Gasteiger partial charge is 0.335 e. The predicted molar refractivity (Wildman–Crippen MR) is 108 cm³/mol. The summed E-state index contributed by atoms with van der Waals surface area (Å²) in [5, 5.41) is 19.0. The molecule has 0 aromatic carbocycles. The van der Waals surface area contributed by atoms with Gasteiger partial charge < -0.3 is 14.6 Å². The Morgan fingerprint density at radius 2 is 1.96 bits per heavy atom. The van der Waals surface area contributed by atoms with Gasteiger partial charge in [-0.3, -0.25) is 0 Å². The number of fused-ring (bicyclic) bond motifs is 1. The fourth-order valence-corrected chi connectivity index (χ4v) is 6.96. The second-order valence-electron chi connectivity index (χ2n) is 10.4. The number of carboxylic acid groups (broad SMARTS) is 1. The molecule has 2 aliphatic carbocycles. The first-order chi connectivity index (χ1) is 11.9. The van der Waals surface area contributed by atoms with Crippen LogP contribution in [0.1, 0.15) is 72.1 Å². The van der Waals surface area contributed by atoms with Crippen LogP contribution in [0.25, 0.3) is 0 Å². The number of carbonyl (C=O) groups is 1. The van der Waals surface area contributed by atoms with Crippen LogP contribution >= 0.6 is 0 Å². The van der Waals surface area contributed by atoms with E-state index in [2.05, 4.69) is 33.5 Å². The molecule has 2 unspecified atom stereocenters. The van der Waals surface area contributed by atoms with Gasteiger partial charge in [-0.15, -0.1) is 0 Å². The van der Waals surface area contributed by atoms with Crippen LogP contribution in [0.4, 0.5) is 0 Å². The molecule has 0 aromatic rings. The molecule has 2 saturated carbocycles. The van der Waals surface area contributed by atoms with Crippen molar-refractivity contribution in [3.05, 3.63) is 0 Å². The molecular formula is C21H40O4Si. The first kappa shape index (κ1) is 21.9. The molecule has 0 radical (unpaired) electrons. The lowest BCUT2D eigenvalue weighted by molar-refractivity contribution is -0.157. The van der Waals surface area contributed by atoms with Crippen molar-refractivity contribution in [3.63, 3.8) is 0 Å². The van der Waals surface area contributed by atoms with Crippen molar-refractivity contribution < 1.29 is 19.4 Å². The van der Waals surface area contributed by atoms with E-state index in [1.165, 1.54) is 39.0 Å². The molecule has 5 heteroatoms. The van der Waals surface area contributed by atoms with Gasteiger partial charge in [-0.05, 0) is 88.3 Å². The second kappa shape index (κ2) is 7.92. The van der Waals surface area contributed by atoms with Gasteiger partial charge in [-0.25, -0.2) is 4.79 Å². The Morgan fingerprint density at radius 1 is 1.31 bits per heavy atom. The summed E-state index contributed by atoms with van der Waals surface area (Å²) in [6.07, 6.45) is 8.85. The molecule has 4 nitrogen and oxygen atoms in total. The summed E-state index contributed by atoms with van der Waals surface area (Å²) in [5.41, 5.74) is -1.24. The van der Waals surface area contributed by atoms with Gasteiger partial charge in [0.2, 0.25) is 0 Å². The number of hydrogen-bond donors (Lipinski definition) is 2. The van der Waals surface area contributed by atoms with Crippen molar-refractivity contribution >= 4 is 14.3 Å². The molecule has 0 heterocycles. The Labute approximate surface area is 160 Å². The average molecular weight is 385 g/mol. The van der Waals surface area contributed by atoms with Crippen molar-refractivity contribution in [3.8, 4) is 0 Å². The minimum atomic E-state index is -1.59. The first-order valence-corrected chi connectivity index (χ1v) is 13.9. The number of aliphatic carboxylic acids is 1. The maximum absolute atomic E-state index is 11.1. The van der Waals surface area contributed by atoms with Crippen LogP contribution in [0.15, 0.2) is 0 Å². The van der Waals surface area contributed by atoms with Crippen LogP contribution in [-0.4, -0.2) is 36.2 Å². The van der Waals surface area contributed by atoms with Gasteiger partial charge >= 0.3 is 5.97 Å². The lowest BCUT2D eigenvalue weighted by atomic mass is 9.61. The zero-order valence-electron chi connectivity index (χ0n) is 17.7. The normalized spacial score (nSPS) is 35.6. The molecule has 0 bridgehead atoms. The number of rotatable bonds is 8. The molecular weight excluding hydrogens is 344 g/mol. The second-order valence-corrected chi connectivity index (χ2v) is 14.9. The molecule has 0 spiro atoms. The molecule has 2 fully saturated rings. The summed E-state index contributed by atoms with van der Waals surface area (Å²) in [5.74, 6) is 0.824. The predicted octanol–water partition coefficient (Wildman–Crippen LogP) is 5.06. The SMILES string of the molecule is C[C@H](CCC[C@@](C)(O)C(=O)O)[C@H]1CCC2C(O[Si](C)(C)C)CCC[C@@]21C. The standard InChI is InChI=1S/C21H40O4Si/c1-15(9-7-14-21(3,24)19(22)23)16-11-12-17-18(25-26(4,5)6)10-8-13-20(16,17)2/h15-18,24H,7-14H2,1-6H3,(H,22,23)/t15-,16-,17?,18?,20-,21-/m1/s1. The summed E-state index contributed by atoms with van der Waals surface area (Å²) >= 11 is 0. The molecule has 0 aliphatic heterocycles. The molecule has 2 aliphatic rings. The lowest BCUT2D eigenvalue weighted by Crippen LogP contribution is -2.46. The van der Waals surface area contributed by atoms with Crippen LogP contribution < -0.4 is 0 Å². The van der Waals surface area contributed by atoms with Gasteiger partial charge in [0.25, 0.3) is 0 Å². The maximum Gasteiger partial charge on any atom is 0.335 e. The Morgan fingerprint density at radius 3 is 2.54 bits per heavy atom. The molecule has 6 atom stereocenters. The monoisotopic (exact) mass is 384 g/mol. The minimum Gasteiger partial charge on any atom is -0.479 e. The molecule has 26 heavy (non-hydrogen) atoms. The van der Waals surface area contributed by atoms with Gasteiger partial charge in [-0.1, -0.05) is 26.7 Å². The van der Waals surface area contributed by atoms with Gasteiger partial charge in [-0.2, -0.15) is 0 Å². The Hall–Kier alpha value is -0.393. The van der Waals surface area contributed by atoms with Crippen molar-refractivity contribution in [2.75, 3.05) is 0 Å². The van der Waals surface area contributed by atoms with E-state index in [0.717, 1.165) is 12.8 Å². The molecule has 0 amide bonds. The third kappa shape index (κ3) is 4.90. The van der Waals surface area contributed by atoms with Crippen molar-refractivity contribution in [2.45, 2.75) is 103 Å². The van der Waals surface area contributed by atoms with E-state index in [4.69, 9.17) is 9.53 Å². The van der Waals surface area contributed by atoms with Gasteiger partial charge in [0.15, 0.2) is 13.9 Å². The van der Waals surface area contributed by atoms with Crippen molar-refractivity contribution in [2.24, 2.45) is 23.2 Å². The van der Waals surface area contributed by atoms with Crippen LogP contribution in [0.5, 0.6) is 0 Å². The van der Waals surface area contributed by atoms with Gasteiger partial charge in [0.1, 0.15) is 0 Å². The topological polar surface area (TPSA) is 66.8 Å². The summed E-state index contributed by atoms with van der Waals surface area (Å²) in [4.78, 5) is 11.1. The van der Waals surface area contributed by atoms with E-state index in [0.29, 0.717) is 35.7 Å². The molecule has 152 valence electrons. The zero-order chi connectivity index (χ0) is 19.8. The van der Waals surface area contributed by atoms with Crippen LogP contribution in [0.2, 0.25) is 19.6 Å². The Bertz CT molecular complexity index is 499. The number of aliphatic hydroxyl groups is 1. The van der Waals surface area contributed by atoms with Crippen LogP contribution in [0.3, 0.4) is 0 Å². The van der Waals surface area contributed by atoms with E-state index in [-0.39, 0.29) is 0 Å². The quantitative estimate of drug-likeness (QED) is 0.574. The number of hydrogen-bond acceptors (Lipinski definition) is 3. The fourth-order valence-electron chi connectivity index (χ4n) is 5.77. The minimum absolute atomic E-state index is 0.334. The van der Waals surface area contributed by atoms with Gasteiger partial charge in [0.05, 0.1) is 0 Å². The maximum atomic E-state index is 11.1. The summed E-state index contributed by atoms with van der Waals surface area (Å²) in [6, 6.07) is 0. The van der Waals surface area contributed by atoms with E-state index in [9.17, 15) is 9.90 Å². The van der Waals surface area contributed by atoms with E-state index >= 15 is 0 Å². The summed E-state index contributed by atoms with van der Waals surface area (Å²) in [7, 11) is -1.52. The highest BCUT2D eigenvalue weighted by Crippen LogP contribution is 2.59. The molecule has 0 aromatic heterocycles. The van der Waals surface area contributed by atoms with Crippen molar-refractivity contribution in [1.29, 1.82) is 0 Å². The fraction of sp³-hybridized carbons (Fsp3) is 0.952. The zero-order valence-corrected chi connectivity index (χ0v) is 18.7. The third-order valence-corrected chi connectivity index (χ3v) is 8.12. The highest BCUT2D eigenvalue weighted by molar-refractivity contribution is 6.69. The summed E-state index contributed by atoms with van der Waals surface area (Å²) in [6.45, 7) is 13.1. The largest absolute Gasteiger partial charge is 0.479 e. The average Bonchev–Trinajstić information content (AvgIpc) is 2.83.